The highest BCUT2D eigenvalue weighted by molar-refractivity contribution is 7.15. The van der Waals surface area contributed by atoms with Crippen molar-refractivity contribution in [2.24, 2.45) is 0 Å². The van der Waals surface area contributed by atoms with Crippen LogP contribution in [0.4, 0.5) is 5.95 Å². The number of aromatic nitrogens is 3. The molecule has 0 radical (unpaired) electrons. The first-order chi connectivity index (χ1) is 12.2. The first-order valence-corrected chi connectivity index (χ1v) is 8.77. The summed E-state index contributed by atoms with van der Waals surface area (Å²) in [5, 5.41) is 4.79. The van der Waals surface area contributed by atoms with Crippen LogP contribution in [0, 0.1) is 6.92 Å². The Labute approximate surface area is 148 Å². The minimum atomic E-state index is -0.140. The Balaban J connectivity index is 1.58. The van der Waals surface area contributed by atoms with Gasteiger partial charge in [-0.25, -0.2) is 9.97 Å². The average molecular weight is 348 g/mol. The molecule has 25 heavy (non-hydrogen) atoms. The third kappa shape index (κ3) is 3.16. The standard InChI is InChI=1S/C19H16N4OS/c1-12-16(25-18(21-12)13-7-3-2-4-8-13)11-20-19-22-15-10-6-5-9-14(15)17(24)23-19/h2-10H,11H2,1H3,(H2,20,22,23,24). The first-order valence-electron chi connectivity index (χ1n) is 7.95. The lowest BCUT2D eigenvalue weighted by Crippen LogP contribution is -2.13. The van der Waals surface area contributed by atoms with Gasteiger partial charge in [0.25, 0.3) is 5.56 Å². The van der Waals surface area contributed by atoms with Crippen molar-refractivity contribution in [1.29, 1.82) is 0 Å². The van der Waals surface area contributed by atoms with Gasteiger partial charge in [-0.1, -0.05) is 42.5 Å². The minimum absolute atomic E-state index is 0.140. The Morgan fingerprint density at radius 1 is 1.04 bits per heavy atom. The Hall–Kier alpha value is -2.99. The number of para-hydroxylation sites is 1. The van der Waals surface area contributed by atoms with Crippen LogP contribution in [-0.2, 0) is 6.54 Å². The molecule has 6 heteroatoms. The second kappa shape index (κ2) is 6.49. The van der Waals surface area contributed by atoms with E-state index in [0.29, 0.717) is 23.4 Å². The predicted molar refractivity (Wildman–Crippen MR) is 102 cm³/mol. The van der Waals surface area contributed by atoms with E-state index in [4.69, 9.17) is 0 Å². The van der Waals surface area contributed by atoms with Crippen molar-refractivity contribution in [3.05, 3.63) is 75.5 Å². The van der Waals surface area contributed by atoms with Gasteiger partial charge in [-0.2, -0.15) is 0 Å². The van der Waals surface area contributed by atoms with E-state index in [1.807, 2.05) is 43.3 Å². The molecule has 2 heterocycles. The molecule has 0 aliphatic carbocycles. The van der Waals surface area contributed by atoms with E-state index in [1.54, 1.807) is 17.4 Å². The quantitative estimate of drug-likeness (QED) is 0.585. The van der Waals surface area contributed by atoms with E-state index in [9.17, 15) is 4.79 Å². The molecule has 0 atom stereocenters. The lowest BCUT2D eigenvalue weighted by atomic mass is 10.2. The van der Waals surface area contributed by atoms with E-state index in [2.05, 4.69) is 32.4 Å². The molecular formula is C19H16N4OS. The number of rotatable bonds is 4. The zero-order valence-electron chi connectivity index (χ0n) is 13.6. The maximum absolute atomic E-state index is 12.1. The van der Waals surface area contributed by atoms with E-state index >= 15 is 0 Å². The number of hydrogen-bond donors (Lipinski definition) is 2. The largest absolute Gasteiger partial charge is 0.351 e. The molecule has 0 spiro atoms. The number of thiazole rings is 1. The van der Waals surface area contributed by atoms with Gasteiger partial charge in [0.1, 0.15) is 5.01 Å². The highest BCUT2D eigenvalue weighted by Gasteiger charge is 2.10. The van der Waals surface area contributed by atoms with Crippen LogP contribution in [0.2, 0.25) is 0 Å². The van der Waals surface area contributed by atoms with Crippen molar-refractivity contribution in [3.63, 3.8) is 0 Å². The SMILES string of the molecule is Cc1nc(-c2ccccc2)sc1CNc1nc2ccccc2c(=O)[nH]1. The Bertz CT molecular complexity index is 1090. The summed E-state index contributed by atoms with van der Waals surface area (Å²) in [6.07, 6.45) is 0. The number of aryl methyl sites for hydroxylation is 1. The van der Waals surface area contributed by atoms with Crippen LogP contribution in [0.3, 0.4) is 0 Å². The molecule has 0 aliphatic heterocycles. The summed E-state index contributed by atoms with van der Waals surface area (Å²) in [5.74, 6) is 0.470. The summed E-state index contributed by atoms with van der Waals surface area (Å²) in [5.41, 5.74) is 2.64. The summed E-state index contributed by atoms with van der Waals surface area (Å²) < 4.78 is 0. The fraction of sp³-hybridized carbons (Fsp3) is 0.105. The van der Waals surface area contributed by atoms with Crippen molar-refractivity contribution in [2.45, 2.75) is 13.5 Å². The van der Waals surface area contributed by atoms with Crippen LogP contribution in [0.5, 0.6) is 0 Å². The number of H-pyrrole nitrogens is 1. The summed E-state index contributed by atoms with van der Waals surface area (Å²) in [4.78, 5) is 25.1. The topological polar surface area (TPSA) is 70.7 Å². The minimum Gasteiger partial charge on any atom is -0.351 e. The van der Waals surface area contributed by atoms with Gasteiger partial charge in [-0.05, 0) is 19.1 Å². The molecule has 2 aromatic heterocycles. The number of nitrogens with one attached hydrogen (secondary N) is 2. The third-order valence-electron chi connectivity index (χ3n) is 3.94. The van der Waals surface area contributed by atoms with Crippen molar-refractivity contribution in [2.75, 3.05) is 5.32 Å². The van der Waals surface area contributed by atoms with Crippen LogP contribution in [-0.4, -0.2) is 15.0 Å². The van der Waals surface area contributed by atoms with Gasteiger partial charge >= 0.3 is 0 Å². The number of benzene rings is 2. The van der Waals surface area contributed by atoms with Gasteiger partial charge in [0, 0.05) is 10.4 Å². The molecular weight excluding hydrogens is 332 g/mol. The monoisotopic (exact) mass is 348 g/mol. The van der Waals surface area contributed by atoms with Gasteiger partial charge in [-0.15, -0.1) is 11.3 Å². The molecule has 5 nitrogen and oxygen atoms in total. The number of hydrogen-bond acceptors (Lipinski definition) is 5. The molecule has 0 saturated carbocycles. The van der Waals surface area contributed by atoms with Crippen molar-refractivity contribution >= 4 is 28.2 Å². The van der Waals surface area contributed by atoms with E-state index < -0.39 is 0 Å². The zero-order valence-corrected chi connectivity index (χ0v) is 14.4. The van der Waals surface area contributed by atoms with Crippen LogP contribution in [0.1, 0.15) is 10.6 Å². The van der Waals surface area contributed by atoms with Gasteiger partial charge in [0.2, 0.25) is 5.95 Å². The zero-order chi connectivity index (χ0) is 17.2. The molecule has 0 bridgehead atoms. The van der Waals surface area contributed by atoms with Crippen LogP contribution in [0.15, 0.2) is 59.4 Å². The second-order valence-corrected chi connectivity index (χ2v) is 6.76. The summed E-state index contributed by atoms with van der Waals surface area (Å²) >= 11 is 1.65. The van der Waals surface area contributed by atoms with Crippen LogP contribution < -0.4 is 10.9 Å². The maximum atomic E-state index is 12.1. The summed E-state index contributed by atoms with van der Waals surface area (Å²) in [6, 6.07) is 17.4. The predicted octanol–water partition coefficient (Wildman–Crippen LogP) is 3.97. The maximum Gasteiger partial charge on any atom is 0.260 e. The van der Waals surface area contributed by atoms with E-state index in [0.717, 1.165) is 21.1 Å². The fourth-order valence-electron chi connectivity index (χ4n) is 2.63. The van der Waals surface area contributed by atoms with E-state index in [1.165, 1.54) is 0 Å². The van der Waals surface area contributed by atoms with Crippen molar-refractivity contribution in [1.82, 2.24) is 15.0 Å². The van der Waals surface area contributed by atoms with Gasteiger partial charge in [0.05, 0.1) is 23.1 Å². The lowest BCUT2D eigenvalue weighted by molar-refractivity contribution is 1.05. The van der Waals surface area contributed by atoms with Gasteiger partial charge in [0.15, 0.2) is 0 Å². The third-order valence-corrected chi connectivity index (χ3v) is 5.15. The van der Waals surface area contributed by atoms with Crippen molar-refractivity contribution in [3.8, 4) is 10.6 Å². The van der Waals surface area contributed by atoms with Crippen LogP contribution in [0.25, 0.3) is 21.5 Å². The molecule has 2 N–H and O–H groups in total. The molecule has 0 unspecified atom stereocenters. The molecule has 4 rings (SSSR count). The number of nitrogens with zero attached hydrogens (tertiary/aromatic N) is 2. The molecule has 0 aliphatic rings. The molecule has 0 amide bonds. The molecule has 0 fully saturated rings. The second-order valence-electron chi connectivity index (χ2n) is 5.68. The normalized spacial score (nSPS) is 10.9. The van der Waals surface area contributed by atoms with Crippen LogP contribution >= 0.6 is 11.3 Å². The summed E-state index contributed by atoms with van der Waals surface area (Å²) in [7, 11) is 0. The fourth-order valence-corrected chi connectivity index (χ4v) is 3.64. The smallest absolute Gasteiger partial charge is 0.260 e. The Kier molecular flexibility index (Phi) is 4.03. The number of anilines is 1. The average Bonchev–Trinajstić information content (AvgIpc) is 3.02. The van der Waals surface area contributed by atoms with Gasteiger partial charge < -0.3 is 5.32 Å². The van der Waals surface area contributed by atoms with Gasteiger partial charge in [-0.3, -0.25) is 9.78 Å². The highest BCUT2D eigenvalue weighted by atomic mass is 32.1. The van der Waals surface area contributed by atoms with E-state index in [-0.39, 0.29) is 5.56 Å². The Morgan fingerprint density at radius 3 is 2.64 bits per heavy atom. The number of fused-ring (bicyclic) bond motifs is 1. The molecule has 124 valence electrons. The molecule has 2 aromatic carbocycles. The summed E-state index contributed by atoms with van der Waals surface area (Å²) in [6.45, 7) is 2.56. The molecule has 4 aromatic rings. The number of aromatic amines is 1. The Morgan fingerprint density at radius 2 is 1.80 bits per heavy atom. The molecule has 0 saturated heterocycles. The highest BCUT2D eigenvalue weighted by Crippen LogP contribution is 2.28. The lowest BCUT2D eigenvalue weighted by Gasteiger charge is -2.05. The van der Waals surface area contributed by atoms with Crippen molar-refractivity contribution < 1.29 is 0 Å². The first kappa shape index (κ1) is 15.5.